The molecule has 1 aliphatic heterocycles. The van der Waals surface area contributed by atoms with Crippen molar-refractivity contribution in [1.82, 2.24) is 5.32 Å². The van der Waals surface area contributed by atoms with Gasteiger partial charge in [-0.05, 0) is 19.4 Å². The first-order chi connectivity index (χ1) is 7.79. The van der Waals surface area contributed by atoms with Crippen LogP contribution in [0.2, 0.25) is 0 Å². The molecular weight excluding hydrogens is 242 g/mol. The first-order valence-corrected chi connectivity index (χ1v) is 8.11. The smallest absolute Gasteiger partial charge is 0.303 e. The number of rotatable bonds is 8. The van der Waals surface area contributed by atoms with E-state index in [1.807, 2.05) is 0 Å². The molecule has 1 unspecified atom stereocenters. The van der Waals surface area contributed by atoms with Crippen LogP contribution in [-0.2, 0) is 4.79 Å². The lowest BCUT2D eigenvalue weighted by Crippen LogP contribution is -2.29. The second-order valence-electron chi connectivity index (χ2n) is 3.98. The van der Waals surface area contributed by atoms with Crippen LogP contribution in [0, 0.1) is 0 Å². The standard InChI is InChI=1S/C11H21NO2S2/c13-11(14)4-2-1-3-5-12-8-10-9-15-6-7-16-10/h10,12H,1-9H2,(H,13,14). The number of hydrogen-bond donors (Lipinski definition) is 2. The molecule has 1 fully saturated rings. The molecule has 1 aliphatic rings. The second kappa shape index (κ2) is 9.19. The third-order valence-corrected chi connectivity index (χ3v) is 5.35. The van der Waals surface area contributed by atoms with Crippen molar-refractivity contribution in [3.05, 3.63) is 0 Å². The second-order valence-corrected chi connectivity index (χ2v) is 6.53. The highest BCUT2D eigenvalue weighted by molar-refractivity contribution is 8.06. The topological polar surface area (TPSA) is 49.3 Å². The molecule has 3 nitrogen and oxygen atoms in total. The van der Waals surface area contributed by atoms with Crippen LogP contribution in [-0.4, -0.2) is 46.7 Å². The molecule has 5 heteroatoms. The molecule has 1 rings (SSSR count). The number of aliphatic carboxylic acids is 1. The molecule has 0 spiro atoms. The fourth-order valence-corrected chi connectivity index (χ4v) is 4.27. The largest absolute Gasteiger partial charge is 0.481 e. The van der Waals surface area contributed by atoms with E-state index in [4.69, 9.17) is 5.11 Å². The summed E-state index contributed by atoms with van der Waals surface area (Å²) in [5.41, 5.74) is 0. The molecular formula is C11H21NO2S2. The maximum atomic E-state index is 10.3. The molecule has 0 saturated carbocycles. The van der Waals surface area contributed by atoms with Crippen molar-refractivity contribution >= 4 is 29.5 Å². The van der Waals surface area contributed by atoms with Crippen molar-refractivity contribution in [2.24, 2.45) is 0 Å². The molecule has 16 heavy (non-hydrogen) atoms. The van der Waals surface area contributed by atoms with Gasteiger partial charge in [-0.15, -0.1) is 0 Å². The Balaban J connectivity index is 1.82. The Kier molecular flexibility index (Phi) is 8.15. The van der Waals surface area contributed by atoms with Crippen LogP contribution in [0.4, 0.5) is 0 Å². The van der Waals surface area contributed by atoms with Gasteiger partial charge in [0, 0.05) is 35.5 Å². The van der Waals surface area contributed by atoms with E-state index in [9.17, 15) is 4.79 Å². The van der Waals surface area contributed by atoms with Gasteiger partial charge in [-0.3, -0.25) is 4.79 Å². The molecule has 94 valence electrons. The monoisotopic (exact) mass is 263 g/mol. The number of carboxylic acid groups (broad SMARTS) is 1. The maximum absolute atomic E-state index is 10.3. The third kappa shape index (κ3) is 7.41. The summed E-state index contributed by atoms with van der Waals surface area (Å²) in [6.07, 6.45) is 3.24. The predicted molar refractivity (Wildman–Crippen MR) is 72.5 cm³/mol. The van der Waals surface area contributed by atoms with Crippen molar-refractivity contribution in [3.8, 4) is 0 Å². The predicted octanol–water partition coefficient (Wildman–Crippen LogP) is 2.07. The fourth-order valence-electron chi connectivity index (χ4n) is 1.62. The number of thioether (sulfide) groups is 2. The van der Waals surface area contributed by atoms with Crippen LogP contribution in [0.25, 0.3) is 0 Å². The molecule has 0 amide bonds. The quantitative estimate of drug-likeness (QED) is 0.657. The molecule has 0 aromatic rings. The van der Waals surface area contributed by atoms with Crippen LogP contribution in [0.3, 0.4) is 0 Å². The van der Waals surface area contributed by atoms with Crippen LogP contribution in [0.1, 0.15) is 25.7 Å². The zero-order valence-corrected chi connectivity index (χ0v) is 11.2. The Labute approximate surface area is 106 Å². The Morgan fingerprint density at radius 3 is 2.88 bits per heavy atom. The zero-order chi connectivity index (χ0) is 11.6. The molecule has 1 heterocycles. The van der Waals surface area contributed by atoms with Gasteiger partial charge in [-0.1, -0.05) is 6.42 Å². The summed E-state index contributed by atoms with van der Waals surface area (Å²) in [6.45, 7) is 2.14. The lowest BCUT2D eigenvalue weighted by atomic mass is 10.2. The molecule has 0 aromatic heterocycles. The van der Waals surface area contributed by atoms with Gasteiger partial charge in [0.25, 0.3) is 0 Å². The lowest BCUT2D eigenvalue weighted by Gasteiger charge is -2.21. The van der Waals surface area contributed by atoms with Gasteiger partial charge in [-0.25, -0.2) is 0 Å². The van der Waals surface area contributed by atoms with Gasteiger partial charge in [-0.2, -0.15) is 23.5 Å². The minimum atomic E-state index is -0.677. The fraction of sp³-hybridized carbons (Fsp3) is 0.909. The normalized spacial score (nSPS) is 20.9. The summed E-state index contributed by atoms with van der Waals surface area (Å²) in [4.78, 5) is 10.3. The maximum Gasteiger partial charge on any atom is 0.303 e. The first-order valence-electron chi connectivity index (χ1n) is 5.91. The lowest BCUT2D eigenvalue weighted by molar-refractivity contribution is -0.137. The van der Waals surface area contributed by atoms with Crippen molar-refractivity contribution in [1.29, 1.82) is 0 Å². The highest BCUT2D eigenvalue weighted by Crippen LogP contribution is 2.23. The van der Waals surface area contributed by atoms with Crippen LogP contribution < -0.4 is 5.32 Å². The molecule has 0 aromatic carbocycles. The molecule has 0 bridgehead atoms. The van der Waals surface area contributed by atoms with Gasteiger partial charge in [0.05, 0.1) is 0 Å². The summed E-state index contributed by atoms with van der Waals surface area (Å²) in [6, 6.07) is 0. The molecule has 2 N–H and O–H groups in total. The first kappa shape index (κ1) is 14.2. The van der Waals surface area contributed by atoms with E-state index >= 15 is 0 Å². The Bertz CT molecular complexity index is 196. The van der Waals surface area contributed by atoms with E-state index in [0.717, 1.165) is 37.6 Å². The van der Waals surface area contributed by atoms with Gasteiger partial charge in [0.1, 0.15) is 0 Å². The van der Waals surface area contributed by atoms with E-state index in [2.05, 4.69) is 28.8 Å². The minimum absolute atomic E-state index is 0.315. The molecule has 1 atom stereocenters. The Morgan fingerprint density at radius 2 is 2.19 bits per heavy atom. The molecule has 1 saturated heterocycles. The summed E-state index contributed by atoms with van der Waals surface area (Å²) >= 11 is 4.13. The van der Waals surface area contributed by atoms with Crippen LogP contribution in [0.15, 0.2) is 0 Å². The Morgan fingerprint density at radius 1 is 1.31 bits per heavy atom. The van der Waals surface area contributed by atoms with Gasteiger partial charge in [0.15, 0.2) is 0 Å². The van der Waals surface area contributed by atoms with Gasteiger partial charge >= 0.3 is 5.97 Å². The highest BCUT2D eigenvalue weighted by Gasteiger charge is 2.12. The third-order valence-electron chi connectivity index (χ3n) is 2.50. The Hall–Kier alpha value is 0.130. The average Bonchev–Trinajstić information content (AvgIpc) is 2.29. The van der Waals surface area contributed by atoms with Crippen molar-refractivity contribution in [3.63, 3.8) is 0 Å². The van der Waals surface area contributed by atoms with Crippen molar-refractivity contribution in [2.45, 2.75) is 30.9 Å². The van der Waals surface area contributed by atoms with Crippen molar-refractivity contribution in [2.75, 3.05) is 30.3 Å². The summed E-state index contributed by atoms with van der Waals surface area (Å²) in [5.74, 6) is 3.19. The summed E-state index contributed by atoms with van der Waals surface area (Å²) in [7, 11) is 0. The molecule has 0 radical (unpaired) electrons. The van der Waals surface area contributed by atoms with E-state index < -0.39 is 5.97 Å². The van der Waals surface area contributed by atoms with E-state index in [1.165, 1.54) is 17.3 Å². The average molecular weight is 263 g/mol. The zero-order valence-electron chi connectivity index (χ0n) is 9.61. The number of nitrogens with one attached hydrogen (secondary N) is 1. The highest BCUT2D eigenvalue weighted by atomic mass is 32.2. The van der Waals surface area contributed by atoms with Gasteiger partial charge < -0.3 is 10.4 Å². The van der Waals surface area contributed by atoms with Crippen LogP contribution in [0.5, 0.6) is 0 Å². The number of unbranched alkanes of at least 4 members (excludes halogenated alkanes) is 2. The van der Waals surface area contributed by atoms with E-state index in [-0.39, 0.29) is 0 Å². The van der Waals surface area contributed by atoms with Gasteiger partial charge in [0.2, 0.25) is 0 Å². The number of carbonyl (C=O) groups is 1. The van der Waals surface area contributed by atoms with Crippen LogP contribution >= 0.6 is 23.5 Å². The number of hydrogen-bond acceptors (Lipinski definition) is 4. The van der Waals surface area contributed by atoms with E-state index in [0.29, 0.717) is 6.42 Å². The summed E-state index contributed by atoms with van der Waals surface area (Å²) < 4.78 is 0. The SMILES string of the molecule is O=C(O)CCCCCNCC1CSCCS1. The van der Waals surface area contributed by atoms with Crippen molar-refractivity contribution < 1.29 is 9.90 Å². The summed E-state index contributed by atoms with van der Waals surface area (Å²) in [5, 5.41) is 12.7. The number of carboxylic acids is 1. The minimum Gasteiger partial charge on any atom is -0.481 e. The van der Waals surface area contributed by atoms with E-state index in [1.54, 1.807) is 0 Å². The molecule has 0 aliphatic carbocycles.